The molecule has 0 unspecified atom stereocenters. The van der Waals surface area contributed by atoms with E-state index in [2.05, 4.69) is 53.7 Å². The number of phenols is 2. The SMILES string of the molecule is Cc1cc(CSOSCc2cc(C)c(O)c(C(C)(C)C)c2)cc(C(C)(C)C)c1O. The average Bonchev–Trinajstić information content (AvgIpc) is 2.58. The van der Waals surface area contributed by atoms with Gasteiger partial charge in [0.05, 0.1) is 0 Å². The molecular weight excluding hydrogens is 400 g/mol. The van der Waals surface area contributed by atoms with Crippen LogP contribution in [0.15, 0.2) is 24.3 Å². The van der Waals surface area contributed by atoms with Gasteiger partial charge in [-0.15, -0.1) is 0 Å². The smallest absolute Gasteiger partial charge is 0.122 e. The van der Waals surface area contributed by atoms with E-state index in [1.807, 2.05) is 26.0 Å². The molecule has 0 aliphatic carbocycles. The Bertz CT molecular complexity index is 790. The molecule has 0 aromatic heterocycles. The first-order valence-electron chi connectivity index (χ1n) is 9.87. The Morgan fingerprint density at radius 1 is 0.690 bits per heavy atom. The third-order valence-electron chi connectivity index (χ3n) is 4.88. The molecule has 0 amide bonds. The van der Waals surface area contributed by atoms with Crippen molar-refractivity contribution >= 4 is 24.1 Å². The van der Waals surface area contributed by atoms with Crippen LogP contribution in [0.25, 0.3) is 0 Å². The Kier molecular flexibility index (Phi) is 7.63. The van der Waals surface area contributed by atoms with Gasteiger partial charge in [-0.1, -0.05) is 65.8 Å². The van der Waals surface area contributed by atoms with Crippen LogP contribution in [0.1, 0.15) is 74.9 Å². The lowest BCUT2D eigenvalue weighted by Gasteiger charge is -2.22. The first kappa shape index (κ1) is 24.0. The van der Waals surface area contributed by atoms with Crippen LogP contribution in [-0.4, -0.2) is 10.2 Å². The second-order valence-corrected chi connectivity index (χ2v) is 11.3. The van der Waals surface area contributed by atoms with Gasteiger partial charge >= 0.3 is 0 Å². The van der Waals surface area contributed by atoms with Crippen LogP contribution in [0.4, 0.5) is 0 Å². The van der Waals surface area contributed by atoms with Crippen molar-refractivity contribution in [2.45, 2.75) is 77.7 Å². The number of phenolic OH excluding ortho intramolecular Hbond substituents is 2. The lowest BCUT2D eigenvalue weighted by molar-refractivity contribution is 0.442. The number of rotatable bonds is 6. The van der Waals surface area contributed by atoms with Gasteiger partial charge in [0.2, 0.25) is 0 Å². The fourth-order valence-electron chi connectivity index (χ4n) is 3.24. The molecule has 2 rings (SSSR count). The summed E-state index contributed by atoms with van der Waals surface area (Å²) in [5, 5.41) is 20.7. The molecule has 2 N–H and O–H groups in total. The maximum absolute atomic E-state index is 10.4. The minimum Gasteiger partial charge on any atom is -0.507 e. The van der Waals surface area contributed by atoms with E-state index in [1.165, 1.54) is 24.1 Å². The van der Waals surface area contributed by atoms with Gasteiger partial charge in [-0.3, -0.25) is 0 Å². The highest BCUT2D eigenvalue weighted by Crippen LogP contribution is 2.37. The van der Waals surface area contributed by atoms with Crippen molar-refractivity contribution in [1.82, 2.24) is 0 Å². The molecular formula is C24H34O3S2. The highest BCUT2D eigenvalue weighted by molar-refractivity contribution is 8.07. The Morgan fingerprint density at radius 2 is 1.03 bits per heavy atom. The Morgan fingerprint density at radius 3 is 1.34 bits per heavy atom. The van der Waals surface area contributed by atoms with E-state index in [0.29, 0.717) is 11.5 Å². The van der Waals surface area contributed by atoms with Crippen LogP contribution < -0.4 is 0 Å². The lowest BCUT2D eigenvalue weighted by Crippen LogP contribution is -2.12. The molecule has 0 aliphatic rings. The van der Waals surface area contributed by atoms with E-state index in [9.17, 15) is 10.2 Å². The molecule has 2 aromatic rings. The van der Waals surface area contributed by atoms with Crippen molar-refractivity contribution in [3.8, 4) is 11.5 Å². The molecule has 0 saturated heterocycles. The quantitative estimate of drug-likeness (QED) is 0.368. The highest BCUT2D eigenvalue weighted by atomic mass is 32.2. The maximum atomic E-state index is 10.4. The standard InChI is InChI=1S/C24H34O3S2/c1-15-9-17(11-19(21(15)25)23(3,4)5)13-28-27-29-14-18-10-16(2)22(26)20(12-18)24(6,7)8/h9-12,25-26H,13-14H2,1-8H3. The van der Waals surface area contributed by atoms with Gasteiger partial charge in [0.1, 0.15) is 11.5 Å². The summed E-state index contributed by atoms with van der Waals surface area (Å²) in [5.74, 6) is 2.22. The van der Waals surface area contributed by atoms with E-state index in [-0.39, 0.29) is 10.8 Å². The fourth-order valence-corrected chi connectivity index (χ4v) is 4.50. The van der Waals surface area contributed by atoms with Gasteiger partial charge in [-0.2, -0.15) is 0 Å². The van der Waals surface area contributed by atoms with Crippen LogP contribution in [0, 0.1) is 13.8 Å². The van der Waals surface area contributed by atoms with Gasteiger partial charge in [0.25, 0.3) is 0 Å². The van der Waals surface area contributed by atoms with Crippen molar-refractivity contribution in [1.29, 1.82) is 0 Å². The molecule has 2 aromatic carbocycles. The summed E-state index contributed by atoms with van der Waals surface area (Å²) in [6, 6.07) is 8.18. The van der Waals surface area contributed by atoms with Crippen molar-refractivity contribution in [2.75, 3.05) is 0 Å². The predicted octanol–water partition coefficient (Wildman–Crippen LogP) is 7.32. The normalized spacial score (nSPS) is 12.4. The van der Waals surface area contributed by atoms with Gasteiger partial charge in [0.15, 0.2) is 0 Å². The van der Waals surface area contributed by atoms with Gasteiger partial charge in [0, 0.05) is 35.6 Å². The van der Waals surface area contributed by atoms with E-state index in [0.717, 1.165) is 44.9 Å². The minimum absolute atomic E-state index is 0.105. The maximum Gasteiger partial charge on any atom is 0.122 e. The van der Waals surface area contributed by atoms with Crippen molar-refractivity contribution in [3.05, 3.63) is 57.6 Å². The number of aryl methyl sites for hydroxylation is 2. The third kappa shape index (κ3) is 6.34. The predicted molar refractivity (Wildman–Crippen MR) is 127 cm³/mol. The zero-order valence-corrected chi connectivity index (χ0v) is 20.5. The monoisotopic (exact) mass is 434 g/mol. The highest BCUT2D eigenvalue weighted by Gasteiger charge is 2.21. The molecule has 0 bridgehead atoms. The van der Waals surface area contributed by atoms with Gasteiger partial charge in [-0.25, -0.2) is 3.63 Å². The zero-order chi connectivity index (χ0) is 22.0. The molecule has 0 spiro atoms. The number of hydrogen-bond donors (Lipinski definition) is 2. The topological polar surface area (TPSA) is 49.7 Å². The van der Waals surface area contributed by atoms with Crippen molar-refractivity contribution < 1.29 is 13.8 Å². The van der Waals surface area contributed by atoms with Crippen LogP contribution >= 0.6 is 24.1 Å². The van der Waals surface area contributed by atoms with Crippen LogP contribution in [0.5, 0.6) is 11.5 Å². The fraction of sp³-hybridized carbons (Fsp3) is 0.500. The molecule has 5 heteroatoms. The number of benzene rings is 2. The first-order valence-corrected chi connectivity index (χ1v) is 11.7. The Balaban J connectivity index is 1.96. The Hall–Kier alpha value is -1.30. The summed E-state index contributed by atoms with van der Waals surface area (Å²) in [6.07, 6.45) is 0. The summed E-state index contributed by atoms with van der Waals surface area (Å²) < 4.78 is 5.74. The van der Waals surface area contributed by atoms with Crippen LogP contribution in [0.3, 0.4) is 0 Å². The summed E-state index contributed by atoms with van der Waals surface area (Å²) in [4.78, 5) is 0. The van der Waals surface area contributed by atoms with Crippen molar-refractivity contribution in [2.24, 2.45) is 0 Å². The van der Waals surface area contributed by atoms with Crippen LogP contribution in [-0.2, 0) is 26.0 Å². The minimum atomic E-state index is -0.105. The molecule has 0 fully saturated rings. The largest absolute Gasteiger partial charge is 0.507 e. The zero-order valence-electron chi connectivity index (χ0n) is 18.8. The molecule has 0 heterocycles. The molecule has 160 valence electrons. The molecule has 0 saturated carbocycles. The molecule has 29 heavy (non-hydrogen) atoms. The van der Waals surface area contributed by atoms with Crippen LogP contribution in [0.2, 0.25) is 0 Å². The number of hydrogen-bond acceptors (Lipinski definition) is 5. The van der Waals surface area contributed by atoms with E-state index in [1.54, 1.807) is 0 Å². The van der Waals surface area contributed by atoms with Gasteiger partial charge < -0.3 is 10.2 Å². The average molecular weight is 435 g/mol. The molecule has 0 aliphatic heterocycles. The second-order valence-electron chi connectivity index (χ2n) is 9.71. The van der Waals surface area contributed by atoms with E-state index >= 15 is 0 Å². The third-order valence-corrected chi connectivity index (χ3v) is 6.56. The summed E-state index contributed by atoms with van der Waals surface area (Å²) in [6.45, 7) is 16.5. The van der Waals surface area contributed by atoms with E-state index in [4.69, 9.17) is 3.63 Å². The second kappa shape index (κ2) is 9.23. The summed E-state index contributed by atoms with van der Waals surface area (Å²) in [5.41, 5.74) is 5.81. The van der Waals surface area contributed by atoms with Crippen molar-refractivity contribution in [3.63, 3.8) is 0 Å². The first-order chi connectivity index (χ1) is 13.3. The Labute approximate surface area is 184 Å². The van der Waals surface area contributed by atoms with Gasteiger partial charge in [-0.05, 0) is 58.1 Å². The number of aromatic hydroxyl groups is 2. The van der Waals surface area contributed by atoms with E-state index < -0.39 is 0 Å². The lowest BCUT2D eigenvalue weighted by atomic mass is 9.84. The molecule has 0 atom stereocenters. The molecule has 0 radical (unpaired) electrons. The summed E-state index contributed by atoms with van der Waals surface area (Å²) >= 11 is 2.82. The summed E-state index contributed by atoms with van der Waals surface area (Å²) in [7, 11) is 0. The molecule has 3 nitrogen and oxygen atoms in total.